The highest BCUT2D eigenvalue weighted by molar-refractivity contribution is 4.98. The van der Waals surface area contributed by atoms with Crippen molar-refractivity contribution in [1.29, 1.82) is 0 Å². The zero-order valence-electron chi connectivity index (χ0n) is 8.08. The van der Waals surface area contributed by atoms with Crippen LogP contribution in [0.1, 0.15) is 6.42 Å². The number of rotatable bonds is 3. The molecule has 1 N–H and O–H groups in total. The standard InChI is InChI=1S/C9H19N3/c1-10-3-4-12-6-8-5-9(7-12)11(8)2/h8-10H,3-7H2,1-2H3. The molecule has 3 saturated heterocycles. The fraction of sp³-hybridized carbons (Fsp3) is 1.00. The third-order valence-corrected chi connectivity index (χ3v) is 3.31. The zero-order chi connectivity index (χ0) is 8.55. The molecule has 3 heterocycles. The molecule has 0 radical (unpaired) electrons. The van der Waals surface area contributed by atoms with E-state index in [9.17, 15) is 0 Å². The number of hydrogen-bond donors (Lipinski definition) is 1. The maximum absolute atomic E-state index is 3.20. The van der Waals surface area contributed by atoms with Gasteiger partial charge < -0.3 is 5.32 Å². The van der Waals surface area contributed by atoms with Crippen LogP contribution in [0.2, 0.25) is 0 Å². The Morgan fingerprint density at radius 1 is 1.33 bits per heavy atom. The van der Waals surface area contributed by atoms with Gasteiger partial charge in [0.25, 0.3) is 0 Å². The van der Waals surface area contributed by atoms with Crippen LogP contribution < -0.4 is 5.32 Å². The number of hydrogen-bond acceptors (Lipinski definition) is 3. The highest BCUT2D eigenvalue weighted by atomic mass is 15.3. The van der Waals surface area contributed by atoms with E-state index in [-0.39, 0.29) is 0 Å². The minimum absolute atomic E-state index is 0.862. The van der Waals surface area contributed by atoms with Gasteiger partial charge in [-0.3, -0.25) is 9.80 Å². The number of piperidine rings is 1. The predicted octanol–water partition coefficient (Wildman–Crippen LogP) is -0.406. The van der Waals surface area contributed by atoms with E-state index >= 15 is 0 Å². The lowest BCUT2D eigenvalue weighted by atomic mass is 9.88. The van der Waals surface area contributed by atoms with Gasteiger partial charge in [-0.1, -0.05) is 0 Å². The van der Waals surface area contributed by atoms with Gasteiger partial charge in [0, 0.05) is 38.3 Å². The highest BCUT2D eigenvalue weighted by Crippen LogP contribution is 2.29. The molecule has 3 fully saturated rings. The first kappa shape index (κ1) is 8.48. The predicted molar refractivity (Wildman–Crippen MR) is 50.3 cm³/mol. The SMILES string of the molecule is CNCCN1CC2CC(C1)N2C. The second-order valence-corrected chi connectivity index (χ2v) is 4.07. The Balaban J connectivity index is 1.75. The van der Waals surface area contributed by atoms with Crippen LogP contribution in [0.4, 0.5) is 0 Å². The van der Waals surface area contributed by atoms with Crippen molar-refractivity contribution in [3.05, 3.63) is 0 Å². The van der Waals surface area contributed by atoms with E-state index in [0.717, 1.165) is 18.6 Å². The van der Waals surface area contributed by atoms with Crippen molar-refractivity contribution in [3.63, 3.8) is 0 Å². The second kappa shape index (κ2) is 3.32. The molecule has 0 aromatic rings. The molecule has 0 spiro atoms. The summed E-state index contributed by atoms with van der Waals surface area (Å²) in [5.41, 5.74) is 0. The number of nitrogens with one attached hydrogen (secondary N) is 1. The van der Waals surface area contributed by atoms with Crippen LogP contribution in [0.3, 0.4) is 0 Å². The Morgan fingerprint density at radius 3 is 2.50 bits per heavy atom. The van der Waals surface area contributed by atoms with Gasteiger partial charge in [0.1, 0.15) is 0 Å². The summed E-state index contributed by atoms with van der Waals surface area (Å²) < 4.78 is 0. The van der Waals surface area contributed by atoms with Crippen LogP contribution in [0.5, 0.6) is 0 Å². The normalized spacial score (nSPS) is 36.5. The molecule has 3 heteroatoms. The molecule has 0 aromatic carbocycles. The molecule has 12 heavy (non-hydrogen) atoms. The summed E-state index contributed by atoms with van der Waals surface area (Å²) >= 11 is 0. The van der Waals surface area contributed by atoms with Gasteiger partial charge in [0.15, 0.2) is 0 Å². The van der Waals surface area contributed by atoms with Crippen LogP contribution in [0.25, 0.3) is 0 Å². The molecule has 70 valence electrons. The molecular weight excluding hydrogens is 150 g/mol. The summed E-state index contributed by atoms with van der Waals surface area (Å²) in [6.45, 7) is 4.92. The smallest absolute Gasteiger partial charge is 0.0239 e. The van der Waals surface area contributed by atoms with Crippen molar-refractivity contribution in [1.82, 2.24) is 15.1 Å². The van der Waals surface area contributed by atoms with Crippen LogP contribution in [-0.2, 0) is 0 Å². The van der Waals surface area contributed by atoms with Gasteiger partial charge in [-0.2, -0.15) is 0 Å². The first-order valence-electron chi connectivity index (χ1n) is 4.90. The molecule has 0 aromatic heterocycles. The molecular formula is C9H19N3. The Labute approximate surface area is 74.7 Å². The summed E-state index contributed by atoms with van der Waals surface area (Å²) in [4.78, 5) is 5.10. The highest BCUT2D eigenvalue weighted by Gasteiger charge is 2.41. The lowest BCUT2D eigenvalue weighted by Crippen LogP contribution is -2.67. The third kappa shape index (κ3) is 1.37. The van der Waals surface area contributed by atoms with Crippen molar-refractivity contribution < 1.29 is 0 Å². The van der Waals surface area contributed by atoms with Crippen molar-refractivity contribution in [2.24, 2.45) is 0 Å². The maximum atomic E-state index is 3.20. The Bertz CT molecular complexity index is 148. The van der Waals surface area contributed by atoms with E-state index in [2.05, 4.69) is 22.2 Å². The van der Waals surface area contributed by atoms with Crippen LogP contribution in [0.15, 0.2) is 0 Å². The third-order valence-electron chi connectivity index (χ3n) is 3.31. The van der Waals surface area contributed by atoms with Gasteiger partial charge in [0.2, 0.25) is 0 Å². The average molecular weight is 169 g/mol. The first-order valence-corrected chi connectivity index (χ1v) is 4.90. The summed E-state index contributed by atoms with van der Waals surface area (Å²) in [6, 6.07) is 1.72. The molecule has 3 nitrogen and oxygen atoms in total. The summed E-state index contributed by atoms with van der Waals surface area (Å²) in [6.07, 6.45) is 1.44. The van der Waals surface area contributed by atoms with E-state index in [1.54, 1.807) is 0 Å². The Morgan fingerprint density at radius 2 is 2.00 bits per heavy atom. The first-order chi connectivity index (χ1) is 5.81. The van der Waals surface area contributed by atoms with E-state index < -0.39 is 0 Å². The number of fused-ring (bicyclic) bond motifs is 2. The quantitative estimate of drug-likeness (QED) is 0.620. The lowest BCUT2D eigenvalue weighted by molar-refractivity contribution is -0.0494. The van der Waals surface area contributed by atoms with E-state index in [4.69, 9.17) is 0 Å². The average Bonchev–Trinajstić information content (AvgIpc) is 2.14. The van der Waals surface area contributed by atoms with E-state index in [1.807, 2.05) is 7.05 Å². The molecule has 0 amide bonds. The van der Waals surface area contributed by atoms with Crippen LogP contribution in [-0.4, -0.2) is 62.2 Å². The van der Waals surface area contributed by atoms with Crippen molar-refractivity contribution >= 4 is 0 Å². The summed E-state index contributed by atoms with van der Waals surface area (Å²) in [5, 5.41) is 3.20. The Hall–Kier alpha value is -0.120. The monoisotopic (exact) mass is 169 g/mol. The van der Waals surface area contributed by atoms with Crippen molar-refractivity contribution in [3.8, 4) is 0 Å². The Kier molecular flexibility index (Phi) is 2.35. The molecule has 2 unspecified atom stereocenters. The second-order valence-electron chi connectivity index (χ2n) is 4.07. The fourth-order valence-electron chi connectivity index (χ4n) is 2.34. The number of nitrogens with zero attached hydrogens (tertiary/aromatic N) is 2. The number of likely N-dealkylation sites (N-methyl/N-ethyl adjacent to an activating group) is 2. The van der Waals surface area contributed by atoms with Crippen molar-refractivity contribution in [2.45, 2.75) is 18.5 Å². The van der Waals surface area contributed by atoms with Gasteiger partial charge in [-0.05, 0) is 20.5 Å². The molecule has 3 aliphatic rings. The summed E-state index contributed by atoms with van der Waals surface area (Å²) in [7, 11) is 4.28. The molecule has 0 aliphatic carbocycles. The van der Waals surface area contributed by atoms with E-state index in [1.165, 1.54) is 26.1 Å². The summed E-state index contributed by atoms with van der Waals surface area (Å²) in [5.74, 6) is 0. The molecule has 3 rings (SSSR count). The molecule has 2 bridgehead atoms. The largest absolute Gasteiger partial charge is 0.318 e. The maximum Gasteiger partial charge on any atom is 0.0239 e. The lowest BCUT2D eigenvalue weighted by Gasteiger charge is -2.55. The van der Waals surface area contributed by atoms with Crippen molar-refractivity contribution in [2.75, 3.05) is 40.3 Å². The van der Waals surface area contributed by atoms with Crippen LogP contribution >= 0.6 is 0 Å². The van der Waals surface area contributed by atoms with Gasteiger partial charge in [-0.15, -0.1) is 0 Å². The number of piperazine rings is 1. The fourth-order valence-corrected chi connectivity index (χ4v) is 2.34. The molecule has 2 atom stereocenters. The van der Waals surface area contributed by atoms with Gasteiger partial charge in [-0.25, -0.2) is 0 Å². The van der Waals surface area contributed by atoms with Gasteiger partial charge in [0.05, 0.1) is 0 Å². The van der Waals surface area contributed by atoms with Gasteiger partial charge >= 0.3 is 0 Å². The molecule has 0 saturated carbocycles. The topological polar surface area (TPSA) is 18.5 Å². The molecule has 3 aliphatic heterocycles. The zero-order valence-corrected chi connectivity index (χ0v) is 8.08. The van der Waals surface area contributed by atoms with E-state index in [0.29, 0.717) is 0 Å². The van der Waals surface area contributed by atoms with Crippen LogP contribution in [0, 0.1) is 0 Å². The minimum atomic E-state index is 0.862. The minimum Gasteiger partial charge on any atom is -0.318 e.